The van der Waals surface area contributed by atoms with E-state index in [4.69, 9.17) is 0 Å². The minimum absolute atomic E-state index is 0.213. The number of hydrogen-bond acceptors (Lipinski definition) is 4. The van der Waals surface area contributed by atoms with Gasteiger partial charge in [-0.25, -0.2) is 21.3 Å². The topological polar surface area (TPSA) is 127 Å². The molecule has 9 heavy (non-hydrogen) atoms. The van der Waals surface area contributed by atoms with Gasteiger partial charge in [-0.2, -0.15) is 5.12 Å². The molecule has 0 aromatic rings. The molecule has 0 aromatic heterocycles. The summed E-state index contributed by atoms with van der Waals surface area (Å²) >= 11 is 0. The standard InChI is InChI=1S/C2H7N5O2/c3-1(8)6-2(9)7(4)5/h4-5H2,(H3,3,6,8,9). The molecular formula is C2H7N5O2. The minimum Gasteiger partial charge on any atom is -0.351 e. The highest BCUT2D eigenvalue weighted by molar-refractivity contribution is 5.91. The molecule has 0 saturated carbocycles. The number of nitrogens with one attached hydrogen (secondary N) is 1. The second-order valence-corrected chi connectivity index (χ2v) is 1.20. The van der Waals surface area contributed by atoms with Gasteiger partial charge in [-0.1, -0.05) is 0 Å². The maximum Gasteiger partial charge on any atom is 0.354 e. The van der Waals surface area contributed by atoms with E-state index in [9.17, 15) is 9.59 Å². The zero-order chi connectivity index (χ0) is 7.44. The first-order valence-electron chi connectivity index (χ1n) is 1.94. The van der Waals surface area contributed by atoms with Crippen molar-refractivity contribution in [2.24, 2.45) is 17.4 Å². The Morgan fingerprint density at radius 3 is 1.89 bits per heavy atom. The Kier molecular flexibility index (Phi) is 2.42. The van der Waals surface area contributed by atoms with Crippen LogP contribution in [0.4, 0.5) is 9.59 Å². The molecule has 0 aliphatic carbocycles. The molecule has 0 aliphatic rings. The number of primary amides is 1. The fourth-order valence-electron chi connectivity index (χ4n) is 0.170. The van der Waals surface area contributed by atoms with E-state index < -0.39 is 12.1 Å². The van der Waals surface area contributed by atoms with E-state index in [-0.39, 0.29) is 5.12 Å². The molecule has 0 rings (SSSR count). The quantitative estimate of drug-likeness (QED) is 0.170. The van der Waals surface area contributed by atoms with Crippen LogP contribution in [0.5, 0.6) is 0 Å². The van der Waals surface area contributed by atoms with Crippen molar-refractivity contribution in [3.8, 4) is 0 Å². The summed E-state index contributed by atoms with van der Waals surface area (Å²) in [4.78, 5) is 20.1. The van der Waals surface area contributed by atoms with E-state index in [1.165, 1.54) is 0 Å². The molecule has 0 saturated heterocycles. The van der Waals surface area contributed by atoms with Gasteiger partial charge in [0.05, 0.1) is 0 Å². The van der Waals surface area contributed by atoms with Crippen LogP contribution in [0.1, 0.15) is 0 Å². The van der Waals surface area contributed by atoms with Crippen LogP contribution in [0, 0.1) is 0 Å². The predicted octanol–water partition coefficient (Wildman–Crippen LogP) is -2.18. The van der Waals surface area contributed by atoms with Crippen molar-refractivity contribution in [1.29, 1.82) is 0 Å². The monoisotopic (exact) mass is 133 g/mol. The second-order valence-electron chi connectivity index (χ2n) is 1.20. The van der Waals surface area contributed by atoms with Crippen LogP contribution in [-0.2, 0) is 0 Å². The molecule has 52 valence electrons. The maximum atomic E-state index is 10.2. The first-order valence-corrected chi connectivity index (χ1v) is 1.94. The number of carbonyl (C=O) groups is 2. The number of nitrogens with zero attached hydrogens (tertiary/aromatic N) is 1. The third-order valence-electron chi connectivity index (χ3n) is 0.465. The van der Waals surface area contributed by atoms with Crippen LogP contribution < -0.4 is 22.7 Å². The third-order valence-corrected chi connectivity index (χ3v) is 0.465. The van der Waals surface area contributed by atoms with Crippen LogP contribution >= 0.6 is 0 Å². The van der Waals surface area contributed by atoms with E-state index >= 15 is 0 Å². The molecule has 0 spiro atoms. The molecule has 7 nitrogen and oxygen atoms in total. The van der Waals surface area contributed by atoms with Crippen molar-refractivity contribution < 1.29 is 9.59 Å². The normalized spacial score (nSPS) is 8.22. The van der Waals surface area contributed by atoms with E-state index in [2.05, 4.69) is 17.4 Å². The van der Waals surface area contributed by atoms with Crippen LogP contribution in [0.2, 0.25) is 0 Å². The van der Waals surface area contributed by atoms with Gasteiger partial charge in [0.25, 0.3) is 0 Å². The van der Waals surface area contributed by atoms with Gasteiger partial charge in [0.15, 0.2) is 0 Å². The van der Waals surface area contributed by atoms with Crippen molar-refractivity contribution in [2.75, 3.05) is 0 Å². The van der Waals surface area contributed by atoms with Gasteiger partial charge in [0.1, 0.15) is 0 Å². The van der Waals surface area contributed by atoms with E-state index in [0.29, 0.717) is 0 Å². The van der Waals surface area contributed by atoms with E-state index in [1.54, 1.807) is 5.32 Å². The molecule has 0 aromatic carbocycles. The highest BCUT2D eigenvalue weighted by Crippen LogP contribution is 1.65. The number of urea groups is 2. The molecule has 0 heterocycles. The van der Waals surface area contributed by atoms with Crippen LogP contribution in [0.15, 0.2) is 0 Å². The summed E-state index contributed by atoms with van der Waals surface area (Å²) in [6.45, 7) is 0. The number of hydrogen-bond donors (Lipinski definition) is 4. The highest BCUT2D eigenvalue weighted by atomic mass is 16.2. The van der Waals surface area contributed by atoms with Crippen LogP contribution in [-0.4, -0.2) is 17.2 Å². The van der Waals surface area contributed by atoms with Crippen LogP contribution in [0.25, 0.3) is 0 Å². The zero-order valence-electron chi connectivity index (χ0n) is 4.50. The number of hydrazine groups is 2. The molecule has 0 radical (unpaired) electrons. The van der Waals surface area contributed by atoms with Crippen molar-refractivity contribution in [1.82, 2.24) is 10.4 Å². The molecule has 7 N–H and O–H groups in total. The molecular weight excluding hydrogens is 126 g/mol. The minimum atomic E-state index is -0.999. The average molecular weight is 133 g/mol. The molecule has 4 amide bonds. The number of amides is 4. The lowest BCUT2D eigenvalue weighted by Gasteiger charge is -2.06. The SMILES string of the molecule is NC(=O)NC(=O)N(N)N. The smallest absolute Gasteiger partial charge is 0.351 e. The molecule has 0 aliphatic heterocycles. The van der Waals surface area contributed by atoms with Gasteiger partial charge >= 0.3 is 12.1 Å². The lowest BCUT2D eigenvalue weighted by Crippen LogP contribution is -2.52. The number of nitrogens with two attached hydrogens (primary N) is 3. The predicted molar refractivity (Wildman–Crippen MR) is 28.3 cm³/mol. The van der Waals surface area contributed by atoms with Crippen molar-refractivity contribution in [3.05, 3.63) is 0 Å². The summed E-state index contributed by atoms with van der Waals surface area (Å²) in [5.41, 5.74) is 4.52. The molecule has 7 heteroatoms. The third kappa shape index (κ3) is 3.26. The first-order chi connectivity index (χ1) is 4.04. The number of rotatable bonds is 0. The Balaban J connectivity index is 3.64. The number of carbonyl (C=O) groups excluding carboxylic acids is 2. The fraction of sp³-hybridized carbons (Fsp3) is 0. The van der Waals surface area contributed by atoms with Crippen LogP contribution in [0.3, 0.4) is 0 Å². The molecule has 0 atom stereocenters. The van der Waals surface area contributed by atoms with E-state index in [1.807, 2.05) is 0 Å². The Hall–Kier alpha value is -1.34. The summed E-state index contributed by atoms with van der Waals surface area (Å²) in [7, 11) is 0. The Labute approximate surface area is 50.7 Å². The van der Waals surface area contributed by atoms with Gasteiger partial charge in [-0.05, 0) is 0 Å². The van der Waals surface area contributed by atoms with Gasteiger partial charge in [0.2, 0.25) is 0 Å². The Morgan fingerprint density at radius 2 is 1.78 bits per heavy atom. The zero-order valence-corrected chi connectivity index (χ0v) is 4.50. The lowest BCUT2D eigenvalue weighted by atomic mass is 10.9. The molecule has 0 fully saturated rings. The second kappa shape index (κ2) is 2.84. The summed E-state index contributed by atoms with van der Waals surface area (Å²) in [6, 6.07) is -1.96. The first kappa shape index (κ1) is 7.66. The highest BCUT2D eigenvalue weighted by Gasteiger charge is 2.04. The molecule has 0 bridgehead atoms. The van der Waals surface area contributed by atoms with Crippen molar-refractivity contribution in [2.45, 2.75) is 0 Å². The average Bonchev–Trinajstić information content (AvgIpc) is 1.63. The fourth-order valence-corrected chi connectivity index (χ4v) is 0.170. The van der Waals surface area contributed by atoms with Gasteiger partial charge in [-0.15, -0.1) is 0 Å². The van der Waals surface area contributed by atoms with Gasteiger partial charge < -0.3 is 5.73 Å². The van der Waals surface area contributed by atoms with Gasteiger partial charge in [-0.3, -0.25) is 5.32 Å². The summed E-state index contributed by atoms with van der Waals surface area (Å²) in [5.74, 6) is 9.35. The van der Waals surface area contributed by atoms with Crippen molar-refractivity contribution >= 4 is 12.1 Å². The Morgan fingerprint density at radius 1 is 1.33 bits per heavy atom. The van der Waals surface area contributed by atoms with E-state index in [0.717, 1.165) is 0 Å². The summed E-state index contributed by atoms with van der Waals surface area (Å²) in [5, 5.41) is 1.83. The Bertz CT molecular complexity index is 131. The summed E-state index contributed by atoms with van der Waals surface area (Å²) < 4.78 is 0. The molecule has 0 unspecified atom stereocenters. The van der Waals surface area contributed by atoms with Gasteiger partial charge in [0, 0.05) is 0 Å². The number of imide groups is 1. The maximum absolute atomic E-state index is 10.2. The summed E-state index contributed by atoms with van der Waals surface area (Å²) in [6.07, 6.45) is 0. The lowest BCUT2D eigenvalue weighted by molar-refractivity contribution is 0.198. The van der Waals surface area contributed by atoms with Crippen molar-refractivity contribution in [3.63, 3.8) is 0 Å². The largest absolute Gasteiger partial charge is 0.354 e.